The Bertz CT molecular complexity index is 890. The van der Waals surface area contributed by atoms with Crippen LogP contribution in [0, 0.1) is 0 Å². The van der Waals surface area contributed by atoms with E-state index in [-0.39, 0.29) is 6.04 Å². The van der Waals surface area contributed by atoms with E-state index in [9.17, 15) is 4.79 Å². The molecule has 4 rings (SSSR count). The number of amides is 1. The lowest BCUT2D eigenvalue weighted by Gasteiger charge is -2.42. The smallest absolute Gasteiger partial charge is 0.408 e. The Morgan fingerprint density at radius 2 is 1.97 bits per heavy atom. The molecular weight excluding hydrogens is 388 g/mol. The number of piperidine rings is 1. The monoisotopic (exact) mass is 414 g/mol. The minimum absolute atomic E-state index is 0.262. The number of ether oxygens (including phenoxy) is 2. The van der Waals surface area contributed by atoms with E-state index in [1.807, 2.05) is 45.0 Å². The van der Waals surface area contributed by atoms with Gasteiger partial charge in [0.05, 0.1) is 12.4 Å². The number of fused-ring (bicyclic) bond motifs is 1. The number of nitrogens with zero attached hydrogens (tertiary/aromatic N) is 3. The summed E-state index contributed by atoms with van der Waals surface area (Å²) >= 11 is 4.20. The first-order valence-electron chi connectivity index (χ1n) is 9.79. The Labute approximate surface area is 176 Å². The fourth-order valence-corrected chi connectivity index (χ4v) is 4.11. The van der Waals surface area contributed by atoms with Gasteiger partial charge in [0.25, 0.3) is 0 Å². The first-order valence-corrected chi connectivity index (χ1v) is 10.2. The number of rotatable bonds is 2. The highest BCUT2D eigenvalue weighted by atomic mass is 32.1. The van der Waals surface area contributed by atoms with Gasteiger partial charge in [-0.3, -0.25) is 0 Å². The molecule has 1 N–H and O–H groups in total. The van der Waals surface area contributed by atoms with Gasteiger partial charge < -0.3 is 19.7 Å². The maximum absolute atomic E-state index is 12.5. The van der Waals surface area contributed by atoms with Crippen molar-refractivity contribution in [2.45, 2.75) is 55.9 Å². The van der Waals surface area contributed by atoms with E-state index in [4.69, 9.17) is 9.47 Å². The summed E-state index contributed by atoms with van der Waals surface area (Å²) in [6.07, 6.45) is 4.44. The summed E-state index contributed by atoms with van der Waals surface area (Å²) in [5.74, 6) is 1.64. The van der Waals surface area contributed by atoms with Crippen LogP contribution in [0.4, 0.5) is 10.6 Å². The van der Waals surface area contributed by atoms with Crippen molar-refractivity contribution in [3.05, 3.63) is 42.2 Å². The molecule has 0 bridgehead atoms. The molecular formula is C21H26N4O3S. The summed E-state index contributed by atoms with van der Waals surface area (Å²) in [7, 11) is 0. The Kier molecular flexibility index (Phi) is 5.06. The number of hydrogen-bond donors (Lipinski definition) is 2. The number of para-hydroxylation sites is 1. The van der Waals surface area contributed by atoms with Gasteiger partial charge in [-0.2, -0.15) is 0 Å². The fourth-order valence-electron chi connectivity index (χ4n) is 3.99. The van der Waals surface area contributed by atoms with E-state index in [0.717, 1.165) is 43.1 Å². The van der Waals surface area contributed by atoms with E-state index in [0.29, 0.717) is 5.03 Å². The van der Waals surface area contributed by atoms with Gasteiger partial charge in [0, 0.05) is 31.5 Å². The number of alkyl carbamates (subject to hydrolysis) is 1. The first kappa shape index (κ1) is 19.8. The Morgan fingerprint density at radius 1 is 1.24 bits per heavy atom. The summed E-state index contributed by atoms with van der Waals surface area (Å²) in [4.78, 5) is 23.4. The number of aromatic nitrogens is 2. The largest absolute Gasteiger partial charge is 0.484 e. The van der Waals surface area contributed by atoms with Crippen molar-refractivity contribution < 1.29 is 14.3 Å². The van der Waals surface area contributed by atoms with Crippen LogP contribution in [0.15, 0.2) is 41.7 Å². The molecule has 3 heterocycles. The van der Waals surface area contributed by atoms with Crippen molar-refractivity contribution in [1.82, 2.24) is 15.3 Å². The molecule has 0 aliphatic carbocycles. The third kappa shape index (κ3) is 4.12. The summed E-state index contributed by atoms with van der Waals surface area (Å²) in [5, 5.41) is 3.67. The van der Waals surface area contributed by atoms with Crippen molar-refractivity contribution in [2.24, 2.45) is 0 Å². The van der Waals surface area contributed by atoms with Crippen molar-refractivity contribution in [3.63, 3.8) is 0 Å². The average molecular weight is 415 g/mol. The van der Waals surface area contributed by atoms with Gasteiger partial charge in [-0.15, -0.1) is 12.6 Å². The predicted molar refractivity (Wildman–Crippen MR) is 113 cm³/mol. The average Bonchev–Trinajstić information content (AvgIpc) is 2.95. The lowest BCUT2D eigenvalue weighted by molar-refractivity contribution is 0.0149. The van der Waals surface area contributed by atoms with Gasteiger partial charge in [-0.1, -0.05) is 18.2 Å². The van der Waals surface area contributed by atoms with Gasteiger partial charge in [0.2, 0.25) is 0 Å². The molecule has 29 heavy (non-hydrogen) atoms. The Balaban J connectivity index is 1.54. The molecule has 7 nitrogen and oxygen atoms in total. The highest BCUT2D eigenvalue weighted by Gasteiger charge is 2.51. The predicted octanol–water partition coefficient (Wildman–Crippen LogP) is 3.76. The molecule has 1 saturated heterocycles. The first-order chi connectivity index (χ1) is 13.8. The minimum atomic E-state index is -0.558. The highest BCUT2D eigenvalue weighted by Crippen LogP contribution is 2.48. The van der Waals surface area contributed by atoms with Crippen LogP contribution < -0.4 is 15.0 Å². The third-order valence-electron chi connectivity index (χ3n) is 5.29. The maximum Gasteiger partial charge on any atom is 0.408 e. The molecule has 8 heteroatoms. The second-order valence-electron chi connectivity index (χ2n) is 8.50. The van der Waals surface area contributed by atoms with Crippen LogP contribution in [-0.4, -0.2) is 40.4 Å². The van der Waals surface area contributed by atoms with E-state index < -0.39 is 17.3 Å². The minimum Gasteiger partial charge on any atom is -0.484 e. The number of benzene rings is 1. The molecule has 2 aliphatic rings. The summed E-state index contributed by atoms with van der Waals surface area (Å²) in [5.41, 5.74) is -0.0724. The zero-order valence-electron chi connectivity index (χ0n) is 16.9. The molecule has 1 fully saturated rings. The van der Waals surface area contributed by atoms with Crippen LogP contribution in [0.5, 0.6) is 5.75 Å². The molecule has 1 spiro atoms. The topological polar surface area (TPSA) is 76.6 Å². The normalized spacial score (nSPS) is 20.1. The number of anilines is 1. The highest BCUT2D eigenvalue weighted by molar-refractivity contribution is 7.80. The van der Waals surface area contributed by atoms with E-state index >= 15 is 0 Å². The SMILES string of the molecule is CC(C)(C)OC(=O)N[C@@H]1c2ccccc2OC12CCN(c1cnc(S)cn1)CC2. The van der Waals surface area contributed by atoms with E-state index in [1.165, 1.54) is 0 Å². The number of thiol groups is 1. The quantitative estimate of drug-likeness (QED) is 0.729. The van der Waals surface area contributed by atoms with Crippen molar-refractivity contribution in [2.75, 3.05) is 18.0 Å². The zero-order valence-corrected chi connectivity index (χ0v) is 17.8. The van der Waals surface area contributed by atoms with Crippen LogP contribution in [0.1, 0.15) is 45.2 Å². The maximum atomic E-state index is 12.5. The molecule has 2 aliphatic heterocycles. The number of hydrogen-bond acceptors (Lipinski definition) is 7. The molecule has 2 aromatic rings. The molecule has 0 radical (unpaired) electrons. The molecule has 1 aromatic carbocycles. The fraction of sp³-hybridized carbons (Fsp3) is 0.476. The van der Waals surface area contributed by atoms with Crippen molar-refractivity contribution in [3.8, 4) is 5.75 Å². The van der Waals surface area contributed by atoms with Gasteiger partial charge >= 0.3 is 6.09 Å². The molecule has 1 amide bonds. The van der Waals surface area contributed by atoms with Gasteiger partial charge in [0.15, 0.2) is 0 Å². The van der Waals surface area contributed by atoms with Gasteiger partial charge in [-0.25, -0.2) is 14.8 Å². The van der Waals surface area contributed by atoms with E-state index in [1.54, 1.807) is 12.4 Å². The van der Waals surface area contributed by atoms with Gasteiger partial charge in [-0.05, 0) is 26.8 Å². The third-order valence-corrected chi connectivity index (χ3v) is 5.52. The van der Waals surface area contributed by atoms with Crippen molar-refractivity contribution >= 4 is 24.5 Å². The standard InChI is InChI=1S/C21H26N4O3S/c1-20(2,3)28-19(26)24-18-14-6-4-5-7-15(14)27-21(18)8-10-25(11-9-21)16-12-23-17(29)13-22-16/h4-7,12-13,18H,8-11H2,1-3H3,(H,23,29)(H,24,26)/t18-/m1/s1. The number of carbonyl (C=O) groups is 1. The lowest BCUT2D eigenvalue weighted by Crippen LogP contribution is -2.54. The van der Waals surface area contributed by atoms with Crippen molar-refractivity contribution in [1.29, 1.82) is 0 Å². The second-order valence-corrected chi connectivity index (χ2v) is 8.96. The molecule has 0 saturated carbocycles. The lowest BCUT2D eigenvalue weighted by atomic mass is 9.82. The van der Waals surface area contributed by atoms with Crippen LogP contribution in [0.25, 0.3) is 0 Å². The summed E-state index contributed by atoms with van der Waals surface area (Å²) in [6.45, 7) is 7.08. The molecule has 1 aromatic heterocycles. The molecule has 0 unspecified atom stereocenters. The Hall–Kier alpha value is -2.48. The van der Waals surface area contributed by atoms with Crippen LogP contribution in [0.2, 0.25) is 0 Å². The van der Waals surface area contributed by atoms with Crippen LogP contribution in [-0.2, 0) is 4.74 Å². The molecule has 1 atom stereocenters. The van der Waals surface area contributed by atoms with Gasteiger partial charge in [0.1, 0.15) is 33.8 Å². The zero-order chi connectivity index (χ0) is 20.6. The number of carbonyl (C=O) groups excluding carboxylic acids is 1. The summed E-state index contributed by atoms with van der Waals surface area (Å²) < 4.78 is 11.9. The number of nitrogens with one attached hydrogen (secondary N) is 1. The second kappa shape index (κ2) is 7.40. The van der Waals surface area contributed by atoms with E-state index in [2.05, 4.69) is 32.8 Å². The van der Waals surface area contributed by atoms with Crippen LogP contribution >= 0.6 is 12.6 Å². The Morgan fingerprint density at radius 3 is 2.62 bits per heavy atom. The molecule has 154 valence electrons. The van der Waals surface area contributed by atoms with Crippen LogP contribution in [0.3, 0.4) is 0 Å². The summed E-state index contributed by atoms with van der Waals surface area (Å²) in [6, 6.07) is 7.62.